The van der Waals surface area contributed by atoms with Gasteiger partial charge in [0.25, 0.3) is 5.91 Å². The fraction of sp³-hybridized carbons (Fsp3) is 0.417. The molecule has 1 aliphatic rings. The number of hydrogen-bond acceptors (Lipinski definition) is 2. The summed E-state index contributed by atoms with van der Waals surface area (Å²) in [6.07, 6.45) is 1.64. The summed E-state index contributed by atoms with van der Waals surface area (Å²) in [6.45, 7) is 1.99. The molecule has 0 bridgehead atoms. The number of hydrogen-bond donors (Lipinski definition) is 1. The van der Waals surface area contributed by atoms with E-state index in [-0.39, 0.29) is 18.1 Å². The highest BCUT2D eigenvalue weighted by Crippen LogP contribution is 2.24. The molecule has 1 aromatic rings. The summed E-state index contributed by atoms with van der Waals surface area (Å²) in [6, 6.07) is 7.56. The smallest absolute Gasteiger partial charge is 0.253 e. The molecule has 1 N–H and O–H groups in total. The number of ether oxygens (including phenoxy) is 1. The highest BCUT2D eigenvalue weighted by Gasteiger charge is 2.28. The third-order valence-electron chi connectivity index (χ3n) is 2.66. The molecule has 2 unspecified atom stereocenters. The van der Waals surface area contributed by atoms with E-state index in [2.05, 4.69) is 21.2 Å². The molecule has 2 rings (SSSR count). The Hall–Kier alpha value is -0.870. The second-order valence-electron chi connectivity index (χ2n) is 3.98. The Balaban J connectivity index is 2.00. The lowest BCUT2D eigenvalue weighted by Crippen LogP contribution is -2.27. The number of halogens is 1. The van der Waals surface area contributed by atoms with Gasteiger partial charge in [-0.2, -0.15) is 0 Å². The molecule has 2 atom stereocenters. The summed E-state index contributed by atoms with van der Waals surface area (Å²) < 4.78 is 6.39. The van der Waals surface area contributed by atoms with Crippen molar-refractivity contribution in [3.8, 4) is 0 Å². The summed E-state index contributed by atoms with van der Waals surface area (Å²) in [7, 11) is 0. The maximum atomic E-state index is 11.9. The van der Waals surface area contributed by atoms with Crippen LogP contribution in [0.15, 0.2) is 28.7 Å². The maximum Gasteiger partial charge on any atom is 0.253 e. The Labute approximate surface area is 103 Å². The van der Waals surface area contributed by atoms with Crippen LogP contribution >= 0.6 is 15.9 Å². The monoisotopic (exact) mass is 283 g/mol. The van der Waals surface area contributed by atoms with Gasteiger partial charge in [-0.15, -0.1) is 0 Å². The Morgan fingerprint density at radius 3 is 2.81 bits per heavy atom. The van der Waals surface area contributed by atoms with Crippen molar-refractivity contribution in [2.24, 2.45) is 0 Å². The lowest BCUT2D eigenvalue weighted by molar-refractivity contribution is -0.126. The summed E-state index contributed by atoms with van der Waals surface area (Å²) in [5.74, 6) is -0.0590. The zero-order chi connectivity index (χ0) is 11.5. The second-order valence-corrected chi connectivity index (χ2v) is 4.84. The minimum absolute atomic E-state index is 0.0590. The highest BCUT2D eigenvalue weighted by atomic mass is 79.9. The van der Waals surface area contributed by atoms with Gasteiger partial charge in [-0.1, -0.05) is 12.1 Å². The number of benzene rings is 1. The number of para-hydroxylation sites is 1. The van der Waals surface area contributed by atoms with E-state index >= 15 is 0 Å². The van der Waals surface area contributed by atoms with E-state index in [1.807, 2.05) is 31.2 Å². The van der Waals surface area contributed by atoms with Crippen LogP contribution < -0.4 is 5.32 Å². The molecule has 1 heterocycles. The van der Waals surface area contributed by atoms with Crippen molar-refractivity contribution in [1.82, 2.24) is 0 Å². The molecule has 0 radical (unpaired) electrons. The molecule has 16 heavy (non-hydrogen) atoms. The van der Waals surface area contributed by atoms with Gasteiger partial charge in [-0.25, -0.2) is 0 Å². The van der Waals surface area contributed by atoms with Gasteiger partial charge in [-0.3, -0.25) is 4.79 Å². The van der Waals surface area contributed by atoms with Gasteiger partial charge in [0.05, 0.1) is 11.8 Å². The van der Waals surface area contributed by atoms with E-state index in [1.165, 1.54) is 0 Å². The topological polar surface area (TPSA) is 38.3 Å². The van der Waals surface area contributed by atoms with Crippen LogP contribution in [0.1, 0.15) is 19.8 Å². The van der Waals surface area contributed by atoms with Crippen molar-refractivity contribution < 1.29 is 9.53 Å². The Morgan fingerprint density at radius 2 is 2.19 bits per heavy atom. The lowest BCUT2D eigenvalue weighted by Gasteiger charge is -2.12. The molecule has 1 aliphatic heterocycles. The molecule has 0 aromatic heterocycles. The average molecular weight is 284 g/mol. The van der Waals surface area contributed by atoms with Gasteiger partial charge in [0.15, 0.2) is 0 Å². The summed E-state index contributed by atoms with van der Waals surface area (Å²) in [4.78, 5) is 11.9. The zero-order valence-electron chi connectivity index (χ0n) is 9.07. The normalized spacial score (nSPS) is 24.4. The van der Waals surface area contributed by atoms with Crippen LogP contribution in [0.4, 0.5) is 5.69 Å². The first kappa shape index (κ1) is 11.6. The fourth-order valence-electron chi connectivity index (χ4n) is 1.77. The fourth-order valence-corrected chi connectivity index (χ4v) is 2.16. The molecule has 1 amide bonds. The first-order chi connectivity index (χ1) is 7.66. The van der Waals surface area contributed by atoms with Gasteiger partial charge >= 0.3 is 0 Å². The van der Waals surface area contributed by atoms with Gasteiger partial charge in [-0.05, 0) is 47.8 Å². The molecule has 1 aromatic carbocycles. The first-order valence-corrected chi connectivity index (χ1v) is 6.17. The summed E-state index contributed by atoms with van der Waals surface area (Å²) >= 11 is 3.39. The van der Waals surface area contributed by atoms with Gasteiger partial charge in [0.2, 0.25) is 0 Å². The zero-order valence-corrected chi connectivity index (χ0v) is 10.7. The predicted octanol–water partition coefficient (Wildman–Crippen LogP) is 2.96. The third-order valence-corrected chi connectivity index (χ3v) is 3.35. The van der Waals surface area contributed by atoms with Crippen molar-refractivity contribution in [3.05, 3.63) is 28.7 Å². The molecular weight excluding hydrogens is 270 g/mol. The van der Waals surface area contributed by atoms with Gasteiger partial charge in [0, 0.05) is 4.47 Å². The van der Waals surface area contributed by atoms with Crippen molar-refractivity contribution >= 4 is 27.5 Å². The molecule has 1 saturated heterocycles. The first-order valence-electron chi connectivity index (χ1n) is 5.37. The number of anilines is 1. The van der Waals surface area contributed by atoms with Crippen molar-refractivity contribution in [1.29, 1.82) is 0 Å². The van der Waals surface area contributed by atoms with Crippen molar-refractivity contribution in [2.45, 2.75) is 32.0 Å². The van der Waals surface area contributed by atoms with Crippen LogP contribution in [0.5, 0.6) is 0 Å². The molecule has 0 aliphatic carbocycles. The molecule has 4 heteroatoms. The van der Waals surface area contributed by atoms with Crippen LogP contribution in [-0.2, 0) is 9.53 Å². The highest BCUT2D eigenvalue weighted by molar-refractivity contribution is 9.10. The van der Waals surface area contributed by atoms with E-state index in [1.54, 1.807) is 0 Å². The molecule has 0 saturated carbocycles. The van der Waals surface area contributed by atoms with E-state index in [9.17, 15) is 4.79 Å². The lowest BCUT2D eigenvalue weighted by atomic mass is 10.2. The standard InChI is InChI=1S/C12H14BrNO2/c1-8-6-7-11(16-8)12(15)14-10-5-3-2-4-9(10)13/h2-5,8,11H,6-7H2,1H3,(H,14,15). The number of rotatable bonds is 2. The average Bonchev–Trinajstić information content (AvgIpc) is 2.68. The minimum atomic E-state index is -0.304. The van der Waals surface area contributed by atoms with Gasteiger partial charge in [0.1, 0.15) is 6.10 Å². The largest absolute Gasteiger partial charge is 0.365 e. The van der Waals surface area contributed by atoms with Crippen LogP contribution in [0, 0.1) is 0 Å². The molecule has 86 valence electrons. The number of carbonyl (C=O) groups excluding carboxylic acids is 1. The molecular formula is C12H14BrNO2. The molecule has 3 nitrogen and oxygen atoms in total. The number of nitrogens with one attached hydrogen (secondary N) is 1. The van der Waals surface area contributed by atoms with E-state index in [0.29, 0.717) is 0 Å². The van der Waals surface area contributed by atoms with Crippen LogP contribution in [0.2, 0.25) is 0 Å². The van der Waals surface area contributed by atoms with Crippen LogP contribution in [0.25, 0.3) is 0 Å². The van der Waals surface area contributed by atoms with E-state index < -0.39 is 0 Å². The maximum absolute atomic E-state index is 11.9. The van der Waals surface area contributed by atoms with Crippen LogP contribution in [-0.4, -0.2) is 18.1 Å². The van der Waals surface area contributed by atoms with Gasteiger partial charge < -0.3 is 10.1 Å². The quantitative estimate of drug-likeness (QED) is 0.906. The SMILES string of the molecule is CC1CCC(C(=O)Nc2ccccc2Br)O1. The second kappa shape index (κ2) is 4.97. The molecule has 0 spiro atoms. The van der Waals surface area contributed by atoms with Crippen molar-refractivity contribution in [2.75, 3.05) is 5.32 Å². The Morgan fingerprint density at radius 1 is 1.44 bits per heavy atom. The van der Waals surface area contributed by atoms with E-state index in [0.717, 1.165) is 23.0 Å². The summed E-state index contributed by atoms with van der Waals surface area (Å²) in [5, 5.41) is 2.86. The molecule has 1 fully saturated rings. The Kier molecular flexibility index (Phi) is 3.61. The predicted molar refractivity (Wildman–Crippen MR) is 66.3 cm³/mol. The van der Waals surface area contributed by atoms with E-state index in [4.69, 9.17) is 4.74 Å². The third kappa shape index (κ3) is 2.62. The summed E-state index contributed by atoms with van der Waals surface area (Å²) in [5.41, 5.74) is 0.788. The van der Waals surface area contributed by atoms with Crippen LogP contribution in [0.3, 0.4) is 0 Å². The number of amides is 1. The Bertz CT molecular complexity index is 394. The van der Waals surface area contributed by atoms with Crippen molar-refractivity contribution in [3.63, 3.8) is 0 Å². The minimum Gasteiger partial charge on any atom is -0.365 e. The number of carbonyl (C=O) groups is 1.